The molecule has 1 aliphatic heterocycles. The average molecular weight is 437 g/mol. The van der Waals surface area contributed by atoms with Crippen LogP contribution in [0.5, 0.6) is 11.5 Å². The van der Waals surface area contributed by atoms with Gasteiger partial charge in [0.2, 0.25) is 11.9 Å². The molecule has 4 rings (SSSR count). The first kappa shape index (κ1) is 21.6. The highest BCUT2D eigenvalue weighted by atomic mass is 16.5. The molecule has 1 fully saturated rings. The van der Waals surface area contributed by atoms with Gasteiger partial charge in [-0.25, -0.2) is 9.97 Å². The van der Waals surface area contributed by atoms with Crippen molar-refractivity contribution in [3.63, 3.8) is 0 Å². The number of amides is 1. The number of ether oxygens (including phenoxy) is 2. The van der Waals surface area contributed by atoms with Crippen molar-refractivity contribution >= 4 is 11.7 Å². The Hall–Kier alpha value is -3.62. The van der Waals surface area contributed by atoms with Gasteiger partial charge < -0.3 is 19.7 Å². The molecule has 0 radical (unpaired) electrons. The lowest BCUT2D eigenvalue weighted by molar-refractivity contribution is -0.121. The molecule has 168 valence electrons. The minimum Gasteiger partial charge on any atom is -0.493 e. The summed E-state index contributed by atoms with van der Waals surface area (Å²) in [7, 11) is 3.23. The molecule has 1 atom stereocenters. The van der Waals surface area contributed by atoms with Gasteiger partial charge in [0.1, 0.15) is 12.1 Å². The number of anilines is 1. The summed E-state index contributed by atoms with van der Waals surface area (Å²) < 4.78 is 12.4. The smallest absolute Gasteiger partial charge is 0.236 e. The minimum atomic E-state index is 0.0475. The second-order valence-corrected chi connectivity index (χ2v) is 7.67. The number of nitrogens with one attached hydrogen (secondary N) is 1. The molecule has 1 saturated heterocycles. The largest absolute Gasteiger partial charge is 0.493 e. The Kier molecular flexibility index (Phi) is 6.84. The molecule has 1 amide bonds. The highest BCUT2D eigenvalue weighted by Crippen LogP contribution is 2.28. The van der Waals surface area contributed by atoms with Gasteiger partial charge in [-0.2, -0.15) is 4.98 Å². The van der Waals surface area contributed by atoms with Gasteiger partial charge in [-0.15, -0.1) is 0 Å². The van der Waals surface area contributed by atoms with Crippen molar-refractivity contribution in [2.75, 3.05) is 32.2 Å². The molecular weight excluding hydrogens is 408 g/mol. The lowest BCUT2D eigenvalue weighted by atomic mass is 10.1. The van der Waals surface area contributed by atoms with Crippen LogP contribution in [-0.4, -0.2) is 58.8 Å². The molecule has 3 heterocycles. The summed E-state index contributed by atoms with van der Waals surface area (Å²) in [6, 6.07) is 7.83. The molecule has 9 heteroatoms. The zero-order valence-electron chi connectivity index (χ0n) is 18.4. The summed E-state index contributed by atoms with van der Waals surface area (Å²) in [5.41, 5.74) is 1.08. The van der Waals surface area contributed by atoms with Gasteiger partial charge in [-0.1, -0.05) is 6.07 Å². The zero-order valence-corrected chi connectivity index (χ0v) is 18.4. The molecule has 0 bridgehead atoms. The minimum absolute atomic E-state index is 0.0475. The van der Waals surface area contributed by atoms with Gasteiger partial charge in [0, 0.05) is 44.1 Å². The number of hydrogen-bond donors (Lipinski definition) is 1. The molecule has 1 aromatic carbocycles. The number of carbonyl (C=O) groups is 1. The summed E-state index contributed by atoms with van der Waals surface area (Å²) >= 11 is 0. The lowest BCUT2D eigenvalue weighted by Gasteiger charge is -2.25. The highest BCUT2D eigenvalue weighted by molar-refractivity contribution is 5.77. The monoisotopic (exact) mass is 436 g/mol. The summed E-state index contributed by atoms with van der Waals surface area (Å²) in [4.78, 5) is 27.9. The second kappa shape index (κ2) is 10.1. The third kappa shape index (κ3) is 4.99. The zero-order chi connectivity index (χ0) is 22.3. The van der Waals surface area contributed by atoms with E-state index in [-0.39, 0.29) is 11.9 Å². The predicted octanol–water partition coefficient (Wildman–Crippen LogP) is 2.40. The van der Waals surface area contributed by atoms with E-state index in [0.717, 1.165) is 37.2 Å². The van der Waals surface area contributed by atoms with Crippen LogP contribution in [0.2, 0.25) is 0 Å². The third-order valence-electron chi connectivity index (χ3n) is 5.64. The quantitative estimate of drug-likeness (QED) is 0.550. The summed E-state index contributed by atoms with van der Waals surface area (Å²) in [6.07, 6.45) is 10.1. The maximum atomic E-state index is 12.6. The van der Waals surface area contributed by atoms with E-state index in [0.29, 0.717) is 30.4 Å². The van der Waals surface area contributed by atoms with Crippen LogP contribution in [0.1, 0.15) is 24.8 Å². The fourth-order valence-corrected chi connectivity index (χ4v) is 4.02. The predicted molar refractivity (Wildman–Crippen MR) is 120 cm³/mol. The maximum absolute atomic E-state index is 12.6. The van der Waals surface area contributed by atoms with E-state index in [9.17, 15) is 4.79 Å². The van der Waals surface area contributed by atoms with Gasteiger partial charge in [-0.3, -0.25) is 9.36 Å². The first-order valence-corrected chi connectivity index (χ1v) is 10.7. The van der Waals surface area contributed by atoms with E-state index in [2.05, 4.69) is 25.2 Å². The van der Waals surface area contributed by atoms with Gasteiger partial charge in [0.25, 0.3) is 0 Å². The normalized spacial score (nSPS) is 15.6. The van der Waals surface area contributed by atoms with E-state index < -0.39 is 0 Å². The molecule has 0 saturated carbocycles. The maximum Gasteiger partial charge on any atom is 0.236 e. The Morgan fingerprint density at radius 3 is 2.84 bits per heavy atom. The van der Waals surface area contributed by atoms with Gasteiger partial charge in [0.05, 0.1) is 14.2 Å². The molecule has 0 unspecified atom stereocenters. The van der Waals surface area contributed by atoms with E-state index in [1.165, 1.54) is 0 Å². The Bertz CT molecular complexity index is 1040. The number of rotatable bonds is 9. The molecule has 2 aromatic heterocycles. The Labute approximate surface area is 187 Å². The van der Waals surface area contributed by atoms with Crippen LogP contribution in [-0.2, 0) is 11.2 Å². The van der Waals surface area contributed by atoms with Crippen LogP contribution in [0.4, 0.5) is 5.82 Å². The van der Waals surface area contributed by atoms with Crippen LogP contribution in [0.3, 0.4) is 0 Å². The van der Waals surface area contributed by atoms with Crippen molar-refractivity contribution in [3.8, 4) is 17.4 Å². The van der Waals surface area contributed by atoms with Crippen molar-refractivity contribution in [1.29, 1.82) is 0 Å². The number of aromatic nitrogens is 4. The topological polar surface area (TPSA) is 94.4 Å². The van der Waals surface area contributed by atoms with E-state index in [1.54, 1.807) is 37.5 Å². The van der Waals surface area contributed by atoms with Crippen molar-refractivity contribution in [2.24, 2.45) is 0 Å². The molecule has 3 aromatic rings. The van der Waals surface area contributed by atoms with Crippen molar-refractivity contribution in [1.82, 2.24) is 24.8 Å². The number of carbonyl (C=O) groups excluding carboxylic acids is 1. The van der Waals surface area contributed by atoms with E-state index in [4.69, 9.17) is 9.47 Å². The number of benzene rings is 1. The molecule has 1 aliphatic rings. The molecule has 0 aliphatic carbocycles. The van der Waals surface area contributed by atoms with Gasteiger partial charge in [0.15, 0.2) is 11.5 Å². The third-order valence-corrected chi connectivity index (χ3v) is 5.64. The van der Waals surface area contributed by atoms with Crippen LogP contribution in [0.25, 0.3) is 5.95 Å². The average Bonchev–Trinajstić information content (AvgIpc) is 3.51. The van der Waals surface area contributed by atoms with Crippen molar-refractivity contribution in [3.05, 3.63) is 54.7 Å². The lowest BCUT2D eigenvalue weighted by Crippen LogP contribution is -2.36. The highest BCUT2D eigenvalue weighted by Gasteiger charge is 2.28. The number of imidazole rings is 1. The number of hydrogen-bond acceptors (Lipinski definition) is 7. The fraction of sp³-hybridized carbons (Fsp3) is 0.391. The summed E-state index contributed by atoms with van der Waals surface area (Å²) in [5, 5.41) is 3.05. The van der Waals surface area contributed by atoms with Crippen LogP contribution < -0.4 is 19.7 Å². The van der Waals surface area contributed by atoms with Crippen molar-refractivity contribution in [2.45, 2.75) is 31.7 Å². The summed E-state index contributed by atoms with van der Waals surface area (Å²) in [5.74, 6) is 2.85. The van der Waals surface area contributed by atoms with Crippen molar-refractivity contribution < 1.29 is 14.3 Å². The number of methoxy groups -OCH3 is 2. The Morgan fingerprint density at radius 2 is 2.06 bits per heavy atom. The van der Waals surface area contributed by atoms with Gasteiger partial charge >= 0.3 is 0 Å². The van der Waals surface area contributed by atoms with Crippen LogP contribution >= 0.6 is 0 Å². The molecule has 32 heavy (non-hydrogen) atoms. The van der Waals surface area contributed by atoms with Crippen LogP contribution in [0, 0.1) is 0 Å². The standard InChI is InChI=1S/C23H28N6O3/c1-31-19-6-5-17(14-20(19)32-2)7-9-25-22(30)15-18-4-3-12-29(18)21-8-10-26-23(27-21)28-13-11-24-16-28/h5-6,8,10-11,13-14,16,18H,3-4,7,9,12,15H2,1-2H3,(H,25,30)/t18-/m1/s1. The summed E-state index contributed by atoms with van der Waals surface area (Å²) in [6.45, 7) is 1.45. The van der Waals surface area contributed by atoms with E-state index in [1.807, 2.05) is 30.5 Å². The first-order valence-electron chi connectivity index (χ1n) is 10.7. The fourth-order valence-electron chi connectivity index (χ4n) is 4.02. The second-order valence-electron chi connectivity index (χ2n) is 7.67. The molecule has 9 nitrogen and oxygen atoms in total. The molecule has 1 N–H and O–H groups in total. The SMILES string of the molecule is COc1ccc(CCNC(=O)C[C@H]2CCCN2c2ccnc(-n3ccnc3)n2)cc1OC. The first-order chi connectivity index (χ1) is 15.7. The van der Waals surface area contributed by atoms with Gasteiger partial charge in [-0.05, 0) is 43.0 Å². The van der Waals surface area contributed by atoms with E-state index >= 15 is 0 Å². The Morgan fingerprint density at radius 1 is 1.19 bits per heavy atom. The Balaban J connectivity index is 1.32. The molecular formula is C23H28N6O3. The number of nitrogens with zero attached hydrogens (tertiary/aromatic N) is 5. The van der Waals surface area contributed by atoms with Crippen LogP contribution in [0.15, 0.2) is 49.2 Å². The molecule has 0 spiro atoms.